The van der Waals surface area contributed by atoms with E-state index in [1.165, 1.54) is 25.2 Å². The van der Waals surface area contributed by atoms with Gasteiger partial charge in [-0.15, -0.1) is 0 Å². The maximum atomic E-state index is 12.9. The molecule has 2 aromatic carbocycles. The maximum absolute atomic E-state index is 12.9. The molecule has 140 valence electrons. The van der Waals surface area contributed by atoms with Gasteiger partial charge in [-0.1, -0.05) is 36.4 Å². The first-order valence-electron chi connectivity index (χ1n) is 8.64. The predicted molar refractivity (Wildman–Crippen MR) is 102 cm³/mol. The van der Waals surface area contributed by atoms with Gasteiger partial charge in [-0.25, -0.2) is 0 Å². The van der Waals surface area contributed by atoms with E-state index in [0.29, 0.717) is 23.3 Å². The zero-order chi connectivity index (χ0) is 19.4. The van der Waals surface area contributed by atoms with Crippen LogP contribution >= 0.6 is 0 Å². The van der Waals surface area contributed by atoms with Crippen molar-refractivity contribution in [3.63, 3.8) is 0 Å². The lowest BCUT2D eigenvalue weighted by Gasteiger charge is -2.12. The minimum Gasteiger partial charge on any atom is -0.488 e. The van der Waals surface area contributed by atoms with E-state index in [9.17, 15) is 14.0 Å². The van der Waals surface area contributed by atoms with Gasteiger partial charge in [-0.3, -0.25) is 14.0 Å². The molecule has 0 aliphatic carbocycles. The molecule has 0 atom stereocenters. The number of nitrogens with zero attached hydrogens (tertiary/aromatic N) is 1. The Labute approximate surface area is 156 Å². The van der Waals surface area contributed by atoms with Crippen LogP contribution in [-0.4, -0.2) is 42.3 Å². The van der Waals surface area contributed by atoms with E-state index in [1.807, 2.05) is 30.3 Å². The van der Waals surface area contributed by atoms with Crippen molar-refractivity contribution in [2.75, 3.05) is 20.8 Å². The number of ether oxygens (including phenoxy) is 1. The number of alkyl halides is 1. The zero-order valence-electron chi connectivity index (χ0n) is 15.3. The zero-order valence-corrected chi connectivity index (χ0v) is 15.3. The molecule has 0 radical (unpaired) electrons. The van der Waals surface area contributed by atoms with Crippen LogP contribution in [0.1, 0.15) is 21.5 Å². The summed E-state index contributed by atoms with van der Waals surface area (Å²) >= 11 is 0. The largest absolute Gasteiger partial charge is 0.488 e. The van der Waals surface area contributed by atoms with Gasteiger partial charge in [0.2, 0.25) is 0 Å². The number of amides is 1. The van der Waals surface area contributed by atoms with Crippen molar-refractivity contribution >= 4 is 22.6 Å². The molecule has 1 heterocycles. The molecule has 0 aliphatic rings. The minimum atomic E-state index is -0.631. The number of nitrogens with one attached hydrogen (secondary N) is 1. The van der Waals surface area contributed by atoms with Gasteiger partial charge in [-0.2, -0.15) is 0 Å². The smallest absolute Gasteiger partial charge is 0.294 e. The summed E-state index contributed by atoms with van der Waals surface area (Å²) in [5.41, 5.74) is 2.56. The van der Waals surface area contributed by atoms with Crippen LogP contribution in [0.2, 0.25) is 0 Å². The minimum absolute atomic E-state index is 0.214. The quantitative estimate of drug-likeness (QED) is 0.513. The highest BCUT2D eigenvalue weighted by atomic mass is 19.1. The Morgan fingerprint density at radius 3 is 2.52 bits per heavy atom. The number of likely N-dealkylation sites (N-methyl/N-ethyl adjacent to an activating group) is 1. The summed E-state index contributed by atoms with van der Waals surface area (Å²) in [5, 5.41) is 0.511. The van der Waals surface area contributed by atoms with Gasteiger partial charge >= 0.3 is 0 Å². The maximum Gasteiger partial charge on any atom is 0.294 e. The summed E-state index contributed by atoms with van der Waals surface area (Å²) in [6.45, 7) is -0.197. The molecule has 0 unspecified atom stereocenters. The monoisotopic (exact) mass is 368 g/mol. The van der Waals surface area contributed by atoms with Crippen LogP contribution in [-0.2, 0) is 17.8 Å². The fourth-order valence-electron chi connectivity index (χ4n) is 2.94. The number of aromatic nitrogens is 1. The van der Waals surface area contributed by atoms with E-state index >= 15 is 0 Å². The van der Waals surface area contributed by atoms with E-state index < -0.39 is 18.4 Å². The molecular weight excluding hydrogens is 347 g/mol. The van der Waals surface area contributed by atoms with Gasteiger partial charge in [0, 0.05) is 26.7 Å². The SMILES string of the molecule is CN(C)C(=O)C(=O)c1c[nH]c2c(CCF)ccc(OCc3ccccc3)c12. The van der Waals surface area contributed by atoms with E-state index in [0.717, 1.165) is 11.1 Å². The first kappa shape index (κ1) is 18.6. The molecule has 0 saturated heterocycles. The molecule has 3 aromatic rings. The first-order chi connectivity index (χ1) is 13.0. The van der Waals surface area contributed by atoms with Gasteiger partial charge in [-0.05, 0) is 17.2 Å². The number of H-pyrrole nitrogens is 1. The van der Waals surface area contributed by atoms with E-state index in [-0.39, 0.29) is 12.0 Å². The molecule has 0 bridgehead atoms. The van der Waals surface area contributed by atoms with Gasteiger partial charge in [0.25, 0.3) is 11.7 Å². The summed E-state index contributed by atoms with van der Waals surface area (Å²) in [6.07, 6.45) is 1.71. The van der Waals surface area contributed by atoms with Crippen LogP contribution in [0.3, 0.4) is 0 Å². The molecule has 3 rings (SSSR count). The number of fused-ring (bicyclic) bond motifs is 1. The molecule has 27 heavy (non-hydrogen) atoms. The number of rotatable bonds is 7. The van der Waals surface area contributed by atoms with E-state index in [2.05, 4.69) is 4.98 Å². The van der Waals surface area contributed by atoms with E-state index in [4.69, 9.17) is 4.74 Å². The highest BCUT2D eigenvalue weighted by Gasteiger charge is 2.24. The van der Waals surface area contributed by atoms with Crippen LogP contribution in [0.5, 0.6) is 5.75 Å². The number of Topliss-reactive ketones (excluding diaryl/α,β-unsaturated/α-hetero) is 1. The molecule has 5 nitrogen and oxygen atoms in total. The fraction of sp³-hybridized carbons (Fsp3) is 0.238. The Kier molecular flexibility index (Phi) is 5.54. The van der Waals surface area contributed by atoms with Crippen LogP contribution in [0.25, 0.3) is 10.9 Å². The molecule has 0 spiro atoms. The Bertz CT molecular complexity index is 964. The molecule has 0 aliphatic heterocycles. The molecule has 1 amide bonds. The lowest BCUT2D eigenvalue weighted by molar-refractivity contribution is -0.124. The lowest BCUT2D eigenvalue weighted by atomic mass is 10.0. The van der Waals surface area contributed by atoms with Crippen molar-refractivity contribution < 1.29 is 18.7 Å². The first-order valence-corrected chi connectivity index (χ1v) is 8.64. The third-order valence-corrected chi connectivity index (χ3v) is 4.33. The Hall–Kier alpha value is -3.15. The second-order valence-electron chi connectivity index (χ2n) is 6.42. The van der Waals surface area contributed by atoms with Crippen LogP contribution in [0.4, 0.5) is 4.39 Å². The second kappa shape index (κ2) is 8.03. The summed E-state index contributed by atoms with van der Waals surface area (Å²) in [5.74, 6) is -0.776. The highest BCUT2D eigenvalue weighted by molar-refractivity contribution is 6.45. The normalized spacial score (nSPS) is 10.8. The number of carbonyl (C=O) groups excluding carboxylic acids is 2. The summed E-state index contributed by atoms with van der Waals surface area (Å²) in [6, 6.07) is 13.1. The fourth-order valence-corrected chi connectivity index (χ4v) is 2.94. The third kappa shape index (κ3) is 3.84. The number of hydrogen-bond acceptors (Lipinski definition) is 3. The lowest BCUT2D eigenvalue weighted by Crippen LogP contribution is -2.29. The molecule has 1 N–H and O–H groups in total. The van der Waals surface area contributed by atoms with Gasteiger partial charge in [0.1, 0.15) is 12.4 Å². The molecular formula is C21H21FN2O3. The molecule has 1 aromatic heterocycles. The van der Waals surface area contributed by atoms with Crippen LogP contribution in [0, 0.1) is 0 Å². The number of aryl methyl sites for hydroxylation is 1. The van der Waals surface area contributed by atoms with Gasteiger partial charge in [0.05, 0.1) is 23.1 Å². The Morgan fingerprint density at radius 2 is 1.85 bits per heavy atom. The van der Waals surface area contributed by atoms with Gasteiger partial charge in [0.15, 0.2) is 0 Å². The highest BCUT2D eigenvalue weighted by Crippen LogP contribution is 2.33. The summed E-state index contributed by atoms with van der Waals surface area (Å²) < 4.78 is 18.8. The Balaban J connectivity index is 2.04. The van der Waals surface area contributed by atoms with Crippen molar-refractivity contribution in [1.29, 1.82) is 0 Å². The number of ketones is 1. The standard InChI is InChI=1S/C21H21FN2O3/c1-24(2)21(26)20(25)16-12-23-19-15(10-11-22)8-9-17(18(16)19)27-13-14-6-4-3-5-7-14/h3-9,12,23H,10-11,13H2,1-2H3. The van der Waals surface area contributed by atoms with Crippen molar-refractivity contribution in [2.24, 2.45) is 0 Å². The van der Waals surface area contributed by atoms with E-state index in [1.54, 1.807) is 12.1 Å². The predicted octanol–water partition coefficient (Wildman–Crippen LogP) is 3.53. The number of aromatic amines is 1. The molecule has 6 heteroatoms. The summed E-state index contributed by atoms with van der Waals surface area (Å²) in [4.78, 5) is 29.0. The average Bonchev–Trinajstić information content (AvgIpc) is 3.13. The van der Waals surface area contributed by atoms with Gasteiger partial charge < -0.3 is 14.6 Å². The van der Waals surface area contributed by atoms with Crippen LogP contribution in [0.15, 0.2) is 48.7 Å². The number of halogens is 1. The Morgan fingerprint density at radius 1 is 1.11 bits per heavy atom. The third-order valence-electron chi connectivity index (χ3n) is 4.33. The second-order valence-corrected chi connectivity index (χ2v) is 6.42. The van der Waals surface area contributed by atoms with Crippen molar-refractivity contribution in [1.82, 2.24) is 9.88 Å². The van der Waals surface area contributed by atoms with Crippen molar-refractivity contribution in [3.05, 3.63) is 65.4 Å². The number of carbonyl (C=O) groups is 2. The number of benzene rings is 2. The molecule has 0 saturated carbocycles. The van der Waals surface area contributed by atoms with Crippen LogP contribution < -0.4 is 4.74 Å². The van der Waals surface area contributed by atoms with Crippen molar-refractivity contribution in [3.8, 4) is 5.75 Å². The summed E-state index contributed by atoms with van der Waals surface area (Å²) in [7, 11) is 3.05. The average molecular weight is 368 g/mol. The van der Waals surface area contributed by atoms with Crippen molar-refractivity contribution in [2.45, 2.75) is 13.0 Å². The molecule has 0 fully saturated rings. The number of hydrogen-bond donors (Lipinski definition) is 1. The topological polar surface area (TPSA) is 62.4 Å².